The summed E-state index contributed by atoms with van der Waals surface area (Å²) in [5.74, 6) is 0. The normalized spacial score (nSPS) is 17.1. The first kappa shape index (κ1) is 7.51. The zero-order valence-corrected chi connectivity index (χ0v) is 8.21. The van der Waals surface area contributed by atoms with Gasteiger partial charge in [-0.3, -0.25) is 0 Å². The summed E-state index contributed by atoms with van der Waals surface area (Å²) in [6.45, 7) is 6.30. The number of halogens is 1. The molecule has 1 atom stereocenters. The largest absolute Gasteiger partial charge is 0.120 e. The van der Waals surface area contributed by atoms with Crippen molar-refractivity contribution in [2.75, 3.05) is 0 Å². The molecule has 0 amide bonds. The van der Waals surface area contributed by atoms with Crippen LogP contribution in [-0.2, 0) is 0 Å². The zero-order valence-electron chi connectivity index (χ0n) is 5.46. The Morgan fingerprint density at radius 2 is 1.71 bits per heavy atom. The molecule has 2 heteroatoms. The molecule has 0 saturated carbocycles. The number of hydrogen-bond donors (Lipinski definition) is 0. The minimum Gasteiger partial charge on any atom is -0.120 e. The van der Waals surface area contributed by atoms with Gasteiger partial charge in [-0.1, -0.05) is 6.92 Å². The van der Waals surface area contributed by atoms with Gasteiger partial charge in [0, 0.05) is 15.1 Å². The van der Waals surface area contributed by atoms with Gasteiger partial charge >= 0.3 is 0 Å². The number of hydrogen-bond acceptors (Lipinski definition) is 0. The van der Waals surface area contributed by atoms with Crippen molar-refractivity contribution in [2.24, 2.45) is 0 Å². The van der Waals surface area contributed by atoms with Crippen LogP contribution < -0.4 is 0 Å². The Labute approximate surface area is 53.7 Å². The van der Waals surface area contributed by atoms with Gasteiger partial charge in [0.15, 0.2) is 0 Å². The van der Waals surface area contributed by atoms with E-state index >= 15 is 0 Å². The Bertz CT molecular complexity index is 53.6. The monoisotopic (exact) mass is 136 g/mol. The van der Waals surface area contributed by atoms with Gasteiger partial charge in [0.05, 0.1) is 0 Å². The summed E-state index contributed by atoms with van der Waals surface area (Å²) in [4.78, 5) is 0.0340. The smallest absolute Gasteiger partial charge is 0.0384 e. The second-order valence-corrected chi connectivity index (χ2v) is 5.43. The van der Waals surface area contributed by atoms with E-state index in [-0.39, 0.29) is 4.87 Å². The molecule has 44 valence electrons. The van der Waals surface area contributed by atoms with Crippen molar-refractivity contribution < 1.29 is 0 Å². The molecule has 0 nitrogen and oxygen atoms in total. The molecular weight excluding hydrogens is 124 g/mol. The highest BCUT2D eigenvalue weighted by molar-refractivity contribution is 6.29. The standard InChI is InChI=1S/C5H13ClSi/c1-4(7)5(2,3)6/h4H,1-3,7H3. The molecule has 0 aliphatic rings. The molecule has 0 bridgehead atoms. The summed E-state index contributed by atoms with van der Waals surface area (Å²) in [5, 5.41) is 0. The van der Waals surface area contributed by atoms with E-state index in [1.165, 1.54) is 10.2 Å². The van der Waals surface area contributed by atoms with Crippen LogP contribution in [0.25, 0.3) is 0 Å². The summed E-state index contributed by atoms with van der Waals surface area (Å²) >= 11 is 5.90. The highest BCUT2D eigenvalue weighted by Gasteiger charge is 2.16. The second kappa shape index (κ2) is 2.18. The molecule has 0 heterocycles. The molecule has 0 aromatic heterocycles. The minimum absolute atomic E-state index is 0.0340. The number of alkyl halides is 1. The van der Waals surface area contributed by atoms with Crippen LogP contribution in [0.15, 0.2) is 0 Å². The van der Waals surface area contributed by atoms with E-state index in [2.05, 4.69) is 20.8 Å². The van der Waals surface area contributed by atoms with E-state index in [1.54, 1.807) is 0 Å². The van der Waals surface area contributed by atoms with Crippen LogP contribution in [0.3, 0.4) is 0 Å². The molecular formula is C5H13ClSi. The van der Waals surface area contributed by atoms with Crippen LogP contribution in [0.1, 0.15) is 20.8 Å². The highest BCUT2D eigenvalue weighted by Crippen LogP contribution is 2.25. The summed E-state index contributed by atoms with van der Waals surface area (Å²) in [5.41, 5.74) is 0.703. The van der Waals surface area contributed by atoms with E-state index < -0.39 is 0 Å². The maximum Gasteiger partial charge on any atom is 0.0384 e. The van der Waals surface area contributed by atoms with Crippen LogP contribution >= 0.6 is 11.6 Å². The predicted molar refractivity (Wildman–Crippen MR) is 39.3 cm³/mol. The van der Waals surface area contributed by atoms with Crippen molar-refractivity contribution in [3.8, 4) is 0 Å². The van der Waals surface area contributed by atoms with Crippen molar-refractivity contribution in [3.05, 3.63) is 0 Å². The van der Waals surface area contributed by atoms with Gasteiger partial charge in [0.25, 0.3) is 0 Å². The first-order valence-electron chi connectivity index (χ1n) is 2.63. The van der Waals surface area contributed by atoms with Crippen LogP contribution in [0, 0.1) is 0 Å². The average molecular weight is 137 g/mol. The fourth-order valence-corrected chi connectivity index (χ4v) is 0. The first-order chi connectivity index (χ1) is 2.94. The summed E-state index contributed by atoms with van der Waals surface area (Å²) < 4.78 is 0. The summed E-state index contributed by atoms with van der Waals surface area (Å²) in [6.07, 6.45) is 0. The van der Waals surface area contributed by atoms with Crippen molar-refractivity contribution in [3.63, 3.8) is 0 Å². The van der Waals surface area contributed by atoms with Gasteiger partial charge in [-0.25, -0.2) is 0 Å². The predicted octanol–water partition coefficient (Wildman–Crippen LogP) is 1.18. The maximum atomic E-state index is 5.90. The van der Waals surface area contributed by atoms with Gasteiger partial charge < -0.3 is 0 Å². The van der Waals surface area contributed by atoms with Crippen LogP contribution in [0.4, 0.5) is 0 Å². The molecule has 0 aromatic carbocycles. The first-order valence-corrected chi connectivity index (χ1v) is 4.17. The zero-order chi connectivity index (χ0) is 6.08. The lowest BCUT2D eigenvalue weighted by molar-refractivity contribution is 0.670. The van der Waals surface area contributed by atoms with Crippen molar-refractivity contribution in [1.82, 2.24) is 0 Å². The van der Waals surface area contributed by atoms with Gasteiger partial charge in [0.1, 0.15) is 0 Å². The van der Waals surface area contributed by atoms with Crippen LogP contribution in [0.2, 0.25) is 5.54 Å². The third kappa shape index (κ3) is 3.12. The fourth-order valence-electron chi connectivity index (χ4n) is 0. The SMILES string of the molecule is CC([SiH3])C(C)(C)Cl. The fraction of sp³-hybridized carbons (Fsp3) is 1.00. The number of rotatable bonds is 1. The van der Waals surface area contributed by atoms with Crippen LogP contribution in [-0.4, -0.2) is 15.1 Å². The molecule has 0 saturated heterocycles. The van der Waals surface area contributed by atoms with E-state index in [1.807, 2.05) is 0 Å². The van der Waals surface area contributed by atoms with E-state index in [4.69, 9.17) is 11.6 Å². The Morgan fingerprint density at radius 1 is 1.57 bits per heavy atom. The third-order valence-corrected chi connectivity index (χ3v) is 3.62. The van der Waals surface area contributed by atoms with E-state index in [0.29, 0.717) is 5.54 Å². The summed E-state index contributed by atoms with van der Waals surface area (Å²) in [6, 6.07) is 0. The molecule has 0 radical (unpaired) electrons. The Morgan fingerprint density at radius 3 is 1.71 bits per heavy atom. The Kier molecular flexibility index (Phi) is 2.34. The van der Waals surface area contributed by atoms with Crippen molar-refractivity contribution >= 4 is 21.8 Å². The van der Waals surface area contributed by atoms with Crippen molar-refractivity contribution in [1.29, 1.82) is 0 Å². The molecule has 1 unspecified atom stereocenters. The lowest BCUT2D eigenvalue weighted by atomic mass is 10.1. The van der Waals surface area contributed by atoms with E-state index in [9.17, 15) is 0 Å². The van der Waals surface area contributed by atoms with Gasteiger partial charge in [0.2, 0.25) is 0 Å². The molecule has 7 heavy (non-hydrogen) atoms. The molecule has 0 N–H and O–H groups in total. The van der Waals surface area contributed by atoms with E-state index in [0.717, 1.165) is 0 Å². The molecule has 0 rings (SSSR count). The molecule has 0 spiro atoms. The minimum atomic E-state index is 0.0340. The second-order valence-electron chi connectivity index (χ2n) is 2.72. The maximum absolute atomic E-state index is 5.90. The Hall–Kier alpha value is 0.507. The highest BCUT2D eigenvalue weighted by atomic mass is 35.5. The quantitative estimate of drug-likeness (QED) is 0.375. The Balaban J connectivity index is 3.54. The van der Waals surface area contributed by atoms with Gasteiger partial charge in [-0.2, -0.15) is 0 Å². The topological polar surface area (TPSA) is 0 Å². The molecule has 0 fully saturated rings. The average Bonchev–Trinajstić information content (AvgIpc) is 1.31. The molecule has 0 aromatic rings. The molecule has 0 aliphatic heterocycles. The van der Waals surface area contributed by atoms with Gasteiger partial charge in [-0.15, -0.1) is 11.6 Å². The van der Waals surface area contributed by atoms with Gasteiger partial charge in [-0.05, 0) is 19.4 Å². The summed E-state index contributed by atoms with van der Waals surface area (Å²) in [7, 11) is 1.20. The van der Waals surface area contributed by atoms with Crippen molar-refractivity contribution in [2.45, 2.75) is 31.2 Å². The third-order valence-electron chi connectivity index (χ3n) is 1.37. The lowest BCUT2D eigenvalue weighted by Crippen LogP contribution is -2.15. The lowest BCUT2D eigenvalue weighted by Gasteiger charge is -2.19. The van der Waals surface area contributed by atoms with Crippen LogP contribution in [0.5, 0.6) is 0 Å². The molecule has 0 aliphatic carbocycles.